The Bertz CT molecular complexity index is 1070. The maximum atomic E-state index is 12.6. The van der Waals surface area contributed by atoms with Gasteiger partial charge in [-0.1, -0.05) is 0 Å². The van der Waals surface area contributed by atoms with Crippen LogP contribution in [0.2, 0.25) is 0 Å². The second-order valence-electron chi connectivity index (χ2n) is 6.65. The average Bonchev–Trinajstić information content (AvgIpc) is 2.74. The molecule has 0 saturated carbocycles. The number of thioether (sulfide) groups is 1. The molecule has 1 fully saturated rings. The number of ether oxygens (including phenoxy) is 1. The smallest absolute Gasteiger partial charge is 0.352 e. The number of hydrogen-bond donors (Lipinski definition) is 2. The molecule has 2 aliphatic rings. The second-order valence-corrected chi connectivity index (χ2v) is 7.76. The third-order valence-electron chi connectivity index (χ3n) is 4.57. The van der Waals surface area contributed by atoms with E-state index in [0.29, 0.717) is 6.07 Å². The Morgan fingerprint density at radius 3 is 2.31 bits per heavy atom. The number of fused-ring (bicyclic) bond motifs is 1. The number of carbonyl (C=O) groups is 4. The summed E-state index contributed by atoms with van der Waals surface area (Å²) in [4.78, 5) is 69.0. The van der Waals surface area contributed by atoms with E-state index in [1.54, 1.807) is 0 Å². The number of esters is 1. The lowest BCUT2D eigenvalue weighted by molar-refractivity contribution is -0.394. The van der Waals surface area contributed by atoms with Crippen LogP contribution in [0, 0.1) is 20.2 Å². The number of benzene rings is 1. The predicted molar refractivity (Wildman–Crippen MR) is 105 cm³/mol. The Labute approximate surface area is 182 Å². The van der Waals surface area contributed by atoms with Gasteiger partial charge in [-0.15, -0.1) is 11.8 Å². The van der Waals surface area contributed by atoms with Crippen LogP contribution >= 0.6 is 11.8 Å². The Morgan fingerprint density at radius 2 is 1.81 bits per heavy atom. The van der Waals surface area contributed by atoms with Crippen molar-refractivity contribution in [3.05, 3.63) is 55.3 Å². The molecule has 15 heteroatoms. The minimum Gasteiger partial charge on any atom is -0.477 e. The van der Waals surface area contributed by atoms with Crippen LogP contribution in [0.1, 0.15) is 17.3 Å². The number of carboxylic acids is 1. The summed E-state index contributed by atoms with van der Waals surface area (Å²) in [5, 5.41) is 33.1. The third kappa shape index (κ3) is 4.22. The molecule has 0 unspecified atom stereocenters. The summed E-state index contributed by atoms with van der Waals surface area (Å²) >= 11 is 1.12. The molecular weight excluding hydrogens is 452 g/mol. The highest BCUT2D eigenvalue weighted by atomic mass is 32.2. The van der Waals surface area contributed by atoms with Crippen LogP contribution in [0.5, 0.6) is 0 Å². The maximum absolute atomic E-state index is 12.6. The van der Waals surface area contributed by atoms with Crippen molar-refractivity contribution in [2.24, 2.45) is 0 Å². The quantitative estimate of drug-likeness (QED) is 0.244. The number of carboxylic acid groups (broad SMARTS) is 1. The minimum absolute atomic E-state index is 0.109. The van der Waals surface area contributed by atoms with Gasteiger partial charge in [-0.3, -0.25) is 39.5 Å². The van der Waals surface area contributed by atoms with Crippen molar-refractivity contribution in [2.45, 2.75) is 18.3 Å². The summed E-state index contributed by atoms with van der Waals surface area (Å²) in [7, 11) is 0. The fourth-order valence-electron chi connectivity index (χ4n) is 3.14. The molecule has 0 aromatic heterocycles. The van der Waals surface area contributed by atoms with Gasteiger partial charge < -0.3 is 15.2 Å². The summed E-state index contributed by atoms with van der Waals surface area (Å²) in [5.41, 5.74) is -1.89. The molecule has 0 aliphatic carbocycles. The molecule has 168 valence electrons. The Morgan fingerprint density at radius 1 is 1.22 bits per heavy atom. The number of amides is 2. The number of β-lactam (4-membered cyclic amide) rings is 1. The van der Waals surface area contributed by atoms with E-state index >= 15 is 0 Å². The zero-order chi connectivity index (χ0) is 23.7. The minimum atomic E-state index is -1.41. The topological polar surface area (TPSA) is 199 Å². The maximum Gasteiger partial charge on any atom is 0.352 e. The molecule has 3 rings (SSSR count). The van der Waals surface area contributed by atoms with Crippen LogP contribution < -0.4 is 5.32 Å². The van der Waals surface area contributed by atoms with Gasteiger partial charge >= 0.3 is 11.9 Å². The number of nitro groups is 2. The average molecular weight is 466 g/mol. The van der Waals surface area contributed by atoms with Crippen molar-refractivity contribution < 1.29 is 38.9 Å². The van der Waals surface area contributed by atoms with E-state index in [0.717, 1.165) is 35.7 Å². The van der Waals surface area contributed by atoms with Crippen molar-refractivity contribution in [3.8, 4) is 0 Å². The first-order chi connectivity index (χ1) is 15.0. The lowest BCUT2D eigenvalue weighted by Gasteiger charge is -2.49. The first-order valence-corrected chi connectivity index (χ1v) is 9.84. The van der Waals surface area contributed by atoms with Gasteiger partial charge in [-0.2, -0.15) is 0 Å². The lowest BCUT2D eigenvalue weighted by Crippen LogP contribution is -2.70. The van der Waals surface area contributed by atoms with Crippen molar-refractivity contribution in [1.29, 1.82) is 0 Å². The molecule has 32 heavy (non-hydrogen) atoms. The monoisotopic (exact) mass is 466 g/mol. The summed E-state index contributed by atoms with van der Waals surface area (Å²) in [6.07, 6.45) is 0. The van der Waals surface area contributed by atoms with Gasteiger partial charge in [0.2, 0.25) is 0 Å². The van der Waals surface area contributed by atoms with Crippen LogP contribution in [-0.4, -0.2) is 67.4 Å². The van der Waals surface area contributed by atoms with E-state index < -0.39 is 62.0 Å². The van der Waals surface area contributed by atoms with E-state index in [1.807, 2.05) is 0 Å². The fraction of sp³-hybridized carbons (Fsp3) is 0.294. The SMILES string of the molecule is CC(=O)OCC1=C(C(=O)O)N2C(=O)[C@H](NC(=O)c3cc([N+](=O)[O-])cc([N+](=O)[O-])c3)[C@H]2SC1. The molecular formula is C17H14N4O10S. The van der Waals surface area contributed by atoms with Crippen LogP contribution in [0.25, 0.3) is 0 Å². The van der Waals surface area contributed by atoms with Gasteiger partial charge in [0, 0.05) is 30.4 Å². The van der Waals surface area contributed by atoms with Crippen LogP contribution in [0.3, 0.4) is 0 Å². The van der Waals surface area contributed by atoms with Gasteiger partial charge in [0.1, 0.15) is 23.7 Å². The first kappa shape index (κ1) is 22.7. The largest absolute Gasteiger partial charge is 0.477 e. The zero-order valence-electron chi connectivity index (χ0n) is 16.2. The van der Waals surface area contributed by atoms with Crippen LogP contribution in [0.4, 0.5) is 11.4 Å². The molecule has 1 aromatic rings. The molecule has 2 amide bonds. The van der Waals surface area contributed by atoms with Crippen LogP contribution in [0.15, 0.2) is 29.5 Å². The molecule has 0 spiro atoms. The molecule has 2 N–H and O–H groups in total. The standard InChI is InChI=1S/C17H14N4O10S/c1-7(22)31-5-9-6-32-16-12(15(24)19(16)13(9)17(25)26)18-14(23)8-2-10(20(27)28)4-11(3-8)21(29)30/h2-4,12,16H,5-6H2,1H3,(H,18,23)(H,25,26)/t12-,16+/m0/s1. The Hall–Kier alpha value is -4.01. The summed E-state index contributed by atoms with van der Waals surface area (Å²) < 4.78 is 4.82. The summed E-state index contributed by atoms with van der Waals surface area (Å²) in [6.45, 7) is 0.841. The van der Waals surface area contributed by atoms with E-state index in [4.69, 9.17) is 4.74 Å². The number of hydrogen-bond acceptors (Lipinski definition) is 10. The first-order valence-electron chi connectivity index (χ1n) is 8.79. The normalized spacial score (nSPS) is 19.5. The highest BCUT2D eigenvalue weighted by Crippen LogP contribution is 2.40. The molecule has 0 radical (unpaired) electrons. The second kappa shape index (κ2) is 8.62. The summed E-state index contributed by atoms with van der Waals surface area (Å²) in [5.74, 6) is -3.65. The van der Waals surface area contributed by atoms with Gasteiger partial charge in [-0.05, 0) is 0 Å². The van der Waals surface area contributed by atoms with Crippen LogP contribution in [-0.2, 0) is 19.1 Å². The molecule has 14 nitrogen and oxygen atoms in total. The number of nitro benzene ring substituents is 2. The molecule has 1 aromatic carbocycles. The van der Waals surface area contributed by atoms with Gasteiger partial charge in [0.25, 0.3) is 23.2 Å². The number of nitrogens with one attached hydrogen (secondary N) is 1. The number of nitrogens with zero attached hydrogens (tertiary/aromatic N) is 3. The van der Waals surface area contributed by atoms with E-state index in [2.05, 4.69) is 5.32 Å². The number of rotatable bonds is 7. The lowest BCUT2D eigenvalue weighted by atomic mass is 10.0. The molecule has 1 saturated heterocycles. The zero-order valence-corrected chi connectivity index (χ0v) is 17.0. The number of aliphatic carboxylic acids is 1. The third-order valence-corrected chi connectivity index (χ3v) is 5.91. The summed E-state index contributed by atoms with van der Waals surface area (Å²) in [6, 6.07) is 1.20. The van der Waals surface area contributed by atoms with E-state index in [-0.39, 0.29) is 23.6 Å². The number of carbonyl (C=O) groups excluding carboxylic acids is 3. The highest BCUT2D eigenvalue weighted by Gasteiger charge is 2.54. The van der Waals surface area contributed by atoms with Gasteiger partial charge in [0.15, 0.2) is 0 Å². The Kier molecular flexibility index (Phi) is 6.11. The molecule has 0 bridgehead atoms. The number of non-ortho nitro benzene ring substituents is 2. The highest BCUT2D eigenvalue weighted by molar-refractivity contribution is 8.00. The fourth-order valence-corrected chi connectivity index (χ4v) is 4.47. The van der Waals surface area contributed by atoms with E-state index in [9.17, 15) is 44.5 Å². The molecule has 2 atom stereocenters. The molecule has 2 heterocycles. The van der Waals surface area contributed by atoms with Crippen molar-refractivity contribution in [3.63, 3.8) is 0 Å². The van der Waals surface area contributed by atoms with Gasteiger partial charge in [-0.25, -0.2) is 4.79 Å². The van der Waals surface area contributed by atoms with Crippen molar-refractivity contribution in [2.75, 3.05) is 12.4 Å². The van der Waals surface area contributed by atoms with E-state index in [1.165, 1.54) is 0 Å². The Balaban J connectivity index is 1.82. The molecule has 2 aliphatic heterocycles. The van der Waals surface area contributed by atoms with Gasteiger partial charge in [0.05, 0.1) is 21.5 Å². The predicted octanol–water partition coefficient (Wildman–Crippen LogP) is 0.418. The van der Waals surface area contributed by atoms with Crippen molar-refractivity contribution >= 4 is 46.9 Å². The van der Waals surface area contributed by atoms with Crippen molar-refractivity contribution in [1.82, 2.24) is 10.2 Å².